The van der Waals surface area contributed by atoms with E-state index < -0.39 is 8.32 Å². The Kier molecular flexibility index (Phi) is 7.04. The van der Waals surface area contributed by atoms with E-state index in [0.717, 1.165) is 32.2 Å². The second-order valence-corrected chi connectivity index (χ2v) is 12.2. The first-order chi connectivity index (χ1) is 9.69. The van der Waals surface area contributed by atoms with Crippen molar-refractivity contribution in [2.24, 2.45) is 0 Å². The van der Waals surface area contributed by atoms with Crippen LogP contribution in [0.15, 0.2) is 0 Å². The molecule has 0 aromatic heterocycles. The summed E-state index contributed by atoms with van der Waals surface area (Å²) >= 11 is 0. The Morgan fingerprint density at radius 2 is 1.86 bits per heavy atom. The van der Waals surface area contributed by atoms with Gasteiger partial charge in [-0.25, -0.2) is 0 Å². The van der Waals surface area contributed by atoms with Crippen LogP contribution in [0.5, 0.6) is 0 Å². The van der Waals surface area contributed by atoms with Crippen molar-refractivity contribution in [1.82, 2.24) is 0 Å². The summed E-state index contributed by atoms with van der Waals surface area (Å²) in [5, 5.41) is 0.232. The molecular weight excluding hydrogens is 284 g/mol. The molecule has 1 heterocycles. The topological polar surface area (TPSA) is 44.8 Å². The van der Waals surface area contributed by atoms with Gasteiger partial charge in [-0.2, -0.15) is 0 Å². The molecule has 0 saturated carbocycles. The molecule has 124 valence electrons. The second-order valence-electron chi connectivity index (χ2n) is 7.39. The van der Waals surface area contributed by atoms with Crippen molar-refractivity contribution < 1.29 is 18.7 Å². The zero-order chi connectivity index (χ0) is 16.1. The molecule has 5 heteroatoms. The van der Waals surface area contributed by atoms with Gasteiger partial charge in [-0.15, -0.1) is 0 Å². The van der Waals surface area contributed by atoms with Crippen LogP contribution in [0.1, 0.15) is 53.4 Å². The molecule has 0 N–H and O–H groups in total. The van der Waals surface area contributed by atoms with Gasteiger partial charge in [0.25, 0.3) is 0 Å². The molecule has 0 aromatic rings. The molecule has 0 unspecified atom stereocenters. The van der Waals surface area contributed by atoms with Crippen LogP contribution in [0.4, 0.5) is 0 Å². The summed E-state index contributed by atoms with van der Waals surface area (Å²) in [5.74, 6) is 0. The zero-order valence-corrected chi connectivity index (χ0v) is 15.5. The third-order valence-corrected chi connectivity index (χ3v) is 9.15. The molecule has 0 aliphatic carbocycles. The van der Waals surface area contributed by atoms with Gasteiger partial charge in [-0.3, -0.25) is 0 Å². The number of rotatable bonds is 7. The van der Waals surface area contributed by atoms with Crippen LogP contribution in [0, 0.1) is 0 Å². The minimum Gasteiger partial charge on any atom is -0.417 e. The smallest absolute Gasteiger partial charge is 0.191 e. The van der Waals surface area contributed by atoms with E-state index in [2.05, 4.69) is 33.9 Å². The van der Waals surface area contributed by atoms with Crippen molar-refractivity contribution in [3.63, 3.8) is 0 Å². The molecule has 21 heavy (non-hydrogen) atoms. The van der Waals surface area contributed by atoms with E-state index in [0.29, 0.717) is 6.42 Å². The molecule has 1 saturated heterocycles. The maximum Gasteiger partial charge on any atom is 0.191 e. The normalized spacial score (nSPS) is 27.6. The van der Waals surface area contributed by atoms with E-state index in [1.54, 1.807) is 0 Å². The summed E-state index contributed by atoms with van der Waals surface area (Å²) in [7, 11) is -1.69. The lowest BCUT2D eigenvalue weighted by molar-refractivity contribution is -0.244. The number of carbonyl (C=O) groups is 1. The van der Waals surface area contributed by atoms with Gasteiger partial charge in [0.2, 0.25) is 0 Å². The van der Waals surface area contributed by atoms with Crippen LogP contribution < -0.4 is 0 Å². The van der Waals surface area contributed by atoms with Crippen molar-refractivity contribution in [2.45, 2.75) is 90.0 Å². The Balaban J connectivity index is 2.45. The molecular formula is C16H32O4Si. The van der Waals surface area contributed by atoms with Crippen molar-refractivity contribution in [3.05, 3.63) is 0 Å². The predicted molar refractivity (Wildman–Crippen MR) is 86.9 cm³/mol. The van der Waals surface area contributed by atoms with Gasteiger partial charge in [-0.1, -0.05) is 27.7 Å². The van der Waals surface area contributed by atoms with Crippen LogP contribution in [-0.4, -0.2) is 39.7 Å². The Labute approximate surface area is 130 Å². The minimum atomic E-state index is -1.69. The summed E-state index contributed by atoms with van der Waals surface area (Å²) in [6.07, 6.45) is 3.83. The Morgan fingerprint density at radius 1 is 1.24 bits per heavy atom. The highest BCUT2D eigenvalue weighted by molar-refractivity contribution is 6.74. The Morgan fingerprint density at radius 3 is 2.38 bits per heavy atom. The van der Waals surface area contributed by atoms with Crippen molar-refractivity contribution in [2.75, 3.05) is 6.61 Å². The van der Waals surface area contributed by atoms with Crippen LogP contribution in [0.2, 0.25) is 18.1 Å². The zero-order valence-electron chi connectivity index (χ0n) is 14.5. The predicted octanol–water partition coefficient (Wildman–Crippen LogP) is 3.90. The summed E-state index contributed by atoms with van der Waals surface area (Å²) in [4.78, 5) is 10.7. The van der Waals surface area contributed by atoms with Crippen LogP contribution >= 0.6 is 0 Å². The molecule has 1 rings (SSSR count). The molecule has 3 atom stereocenters. The van der Waals surface area contributed by atoms with Crippen molar-refractivity contribution in [1.29, 1.82) is 0 Å². The van der Waals surface area contributed by atoms with Gasteiger partial charge < -0.3 is 18.7 Å². The van der Waals surface area contributed by atoms with E-state index in [1.807, 2.05) is 6.92 Å². The molecule has 0 amide bonds. The average Bonchev–Trinajstić information content (AvgIpc) is 2.37. The summed E-state index contributed by atoms with van der Waals surface area (Å²) in [6, 6.07) is 0. The molecule has 0 radical (unpaired) electrons. The lowest BCUT2D eigenvalue weighted by Gasteiger charge is -2.38. The van der Waals surface area contributed by atoms with Crippen molar-refractivity contribution in [3.8, 4) is 0 Å². The maximum atomic E-state index is 10.7. The molecule has 1 fully saturated rings. The second kappa shape index (κ2) is 7.86. The number of hydrogen-bond acceptors (Lipinski definition) is 4. The highest BCUT2D eigenvalue weighted by atomic mass is 28.4. The fourth-order valence-corrected chi connectivity index (χ4v) is 3.23. The fourth-order valence-electron chi connectivity index (χ4n) is 2.17. The van der Waals surface area contributed by atoms with Gasteiger partial charge in [0.05, 0.1) is 12.2 Å². The lowest BCUT2D eigenvalue weighted by Crippen LogP contribution is -2.42. The number of hydrogen-bond donors (Lipinski definition) is 0. The van der Waals surface area contributed by atoms with Crippen LogP contribution in [-0.2, 0) is 18.7 Å². The van der Waals surface area contributed by atoms with Crippen LogP contribution in [0.25, 0.3) is 0 Å². The molecule has 1 aliphatic rings. The number of carbonyl (C=O) groups excluding carboxylic acids is 1. The fraction of sp³-hybridized carbons (Fsp3) is 0.938. The first-order valence-electron chi connectivity index (χ1n) is 8.08. The molecule has 4 nitrogen and oxygen atoms in total. The van der Waals surface area contributed by atoms with Gasteiger partial charge in [0.15, 0.2) is 14.6 Å². The highest BCUT2D eigenvalue weighted by Gasteiger charge is 2.37. The first-order valence-corrected chi connectivity index (χ1v) is 11.0. The number of ether oxygens (including phenoxy) is 2. The largest absolute Gasteiger partial charge is 0.417 e. The third kappa shape index (κ3) is 5.81. The molecule has 0 spiro atoms. The van der Waals surface area contributed by atoms with E-state index in [1.165, 1.54) is 0 Å². The molecule has 0 bridgehead atoms. The summed E-state index contributed by atoms with van der Waals surface area (Å²) in [5.41, 5.74) is 0. The summed E-state index contributed by atoms with van der Waals surface area (Å²) < 4.78 is 17.8. The average molecular weight is 317 g/mol. The first kappa shape index (κ1) is 18.8. The minimum absolute atomic E-state index is 0.000860. The number of aldehydes is 1. The Bertz CT molecular complexity index is 325. The van der Waals surface area contributed by atoms with Gasteiger partial charge >= 0.3 is 0 Å². The monoisotopic (exact) mass is 316 g/mol. The Hall–Kier alpha value is -0.233. The lowest BCUT2D eigenvalue weighted by atomic mass is 10.1. The molecule has 1 aliphatic heterocycles. The summed E-state index contributed by atoms with van der Waals surface area (Å²) in [6.45, 7) is 14.0. The third-order valence-electron chi connectivity index (χ3n) is 4.62. The quantitative estimate of drug-likeness (QED) is 0.528. The van der Waals surface area contributed by atoms with Gasteiger partial charge in [-0.05, 0) is 31.0 Å². The SMILES string of the molecule is CC[C@@H]1O[C@H](CC=O)C[C@H](CCO[Si](C)(C)C(C)(C)C)O1. The molecule has 0 aromatic carbocycles. The standard InChI is InChI=1S/C16H32O4Si/c1-7-15-19-13(8-10-17)12-14(20-15)9-11-18-21(5,6)16(2,3)4/h10,13-15H,7-9,11-12H2,1-6H3/t13-,14+,15-/m1/s1. The van der Waals surface area contributed by atoms with E-state index in [4.69, 9.17) is 13.9 Å². The van der Waals surface area contributed by atoms with E-state index >= 15 is 0 Å². The van der Waals surface area contributed by atoms with E-state index in [9.17, 15) is 4.79 Å². The maximum absolute atomic E-state index is 10.7. The highest BCUT2D eigenvalue weighted by Crippen LogP contribution is 2.36. The van der Waals surface area contributed by atoms with Gasteiger partial charge in [0, 0.05) is 19.4 Å². The van der Waals surface area contributed by atoms with Gasteiger partial charge in [0.1, 0.15) is 6.29 Å². The van der Waals surface area contributed by atoms with E-state index in [-0.39, 0.29) is 23.5 Å². The van der Waals surface area contributed by atoms with Crippen molar-refractivity contribution >= 4 is 14.6 Å². The van der Waals surface area contributed by atoms with Crippen LogP contribution in [0.3, 0.4) is 0 Å².